The molecular weight excluding hydrogens is 323 g/mol. The molecule has 0 amide bonds. The molecule has 2 aromatic carbocycles. The zero-order valence-corrected chi connectivity index (χ0v) is 14.2. The lowest BCUT2D eigenvalue weighted by molar-refractivity contribution is 0.414. The van der Waals surface area contributed by atoms with E-state index >= 15 is 0 Å². The van der Waals surface area contributed by atoms with Gasteiger partial charge in [0.15, 0.2) is 0 Å². The Morgan fingerprint density at radius 2 is 0.909 bits per heavy atom. The average molecular weight is 345 g/mol. The van der Waals surface area contributed by atoms with Crippen molar-refractivity contribution < 1.29 is 9.47 Å². The van der Waals surface area contributed by atoms with E-state index < -0.39 is 0 Å². The summed E-state index contributed by atoms with van der Waals surface area (Å²) in [6, 6.07) is 14.8. The fraction of sp³-hybridized carbons (Fsp3) is 0.250. The van der Waals surface area contributed by atoms with Crippen LogP contribution < -0.4 is 20.9 Å². The van der Waals surface area contributed by atoms with Gasteiger partial charge in [0.25, 0.3) is 0 Å². The smallest absolute Gasteiger partial charge is 0.118 e. The second-order valence-electron chi connectivity index (χ2n) is 4.60. The van der Waals surface area contributed by atoms with Crippen molar-refractivity contribution in [1.82, 2.24) is 0 Å². The van der Waals surface area contributed by atoms with Crippen LogP contribution in [-0.2, 0) is 0 Å². The molecule has 0 bridgehead atoms. The van der Waals surface area contributed by atoms with Gasteiger partial charge < -0.3 is 20.9 Å². The molecule has 0 spiro atoms. The lowest BCUT2D eigenvalue weighted by Gasteiger charge is -2.21. The Kier molecular flexibility index (Phi) is 8.90. The zero-order chi connectivity index (χ0) is 14.5. The highest BCUT2D eigenvalue weighted by Crippen LogP contribution is 2.27. The van der Waals surface area contributed by atoms with Gasteiger partial charge in [-0.2, -0.15) is 0 Å². The molecule has 0 fully saturated rings. The fourth-order valence-corrected chi connectivity index (χ4v) is 2.07. The maximum Gasteiger partial charge on any atom is 0.118 e. The molecular formula is C16H22Cl2N2O2. The highest BCUT2D eigenvalue weighted by atomic mass is 35.5. The average Bonchev–Trinajstić information content (AvgIpc) is 2.53. The van der Waals surface area contributed by atoms with Crippen molar-refractivity contribution in [3.63, 3.8) is 0 Å². The molecule has 0 aliphatic heterocycles. The summed E-state index contributed by atoms with van der Waals surface area (Å²) in [7, 11) is 3.27. The standard InChI is InChI=1S/C16H20N2O2.2ClH/c1-19-13-7-3-11(4-8-13)15(17)16(18)12-5-9-14(20-2)10-6-12;;/h3-10,15-16H,17-18H2,1-2H3;2*1H/t15-,16-;;/m0../s1. The third kappa shape index (κ3) is 4.78. The van der Waals surface area contributed by atoms with E-state index in [0.29, 0.717) is 0 Å². The minimum Gasteiger partial charge on any atom is -0.497 e. The Morgan fingerprint density at radius 3 is 1.14 bits per heavy atom. The van der Waals surface area contributed by atoms with E-state index in [2.05, 4.69) is 0 Å². The zero-order valence-electron chi connectivity index (χ0n) is 12.6. The molecule has 4 nitrogen and oxygen atoms in total. The van der Waals surface area contributed by atoms with E-state index in [1.165, 1.54) is 0 Å². The lowest BCUT2D eigenvalue weighted by Crippen LogP contribution is -2.26. The van der Waals surface area contributed by atoms with Gasteiger partial charge in [0, 0.05) is 12.1 Å². The van der Waals surface area contributed by atoms with Crippen LogP contribution in [0.2, 0.25) is 0 Å². The third-order valence-corrected chi connectivity index (χ3v) is 3.39. The van der Waals surface area contributed by atoms with Gasteiger partial charge >= 0.3 is 0 Å². The molecule has 0 aliphatic rings. The van der Waals surface area contributed by atoms with Gasteiger partial charge in [0.2, 0.25) is 0 Å². The van der Waals surface area contributed by atoms with E-state index in [0.717, 1.165) is 22.6 Å². The van der Waals surface area contributed by atoms with Crippen LogP contribution in [0.15, 0.2) is 48.5 Å². The second-order valence-corrected chi connectivity index (χ2v) is 4.60. The molecule has 122 valence electrons. The van der Waals surface area contributed by atoms with E-state index in [1.54, 1.807) is 14.2 Å². The molecule has 2 rings (SSSR count). The predicted molar refractivity (Wildman–Crippen MR) is 94.3 cm³/mol. The molecule has 0 radical (unpaired) electrons. The minimum absolute atomic E-state index is 0. The van der Waals surface area contributed by atoms with Crippen molar-refractivity contribution >= 4 is 24.8 Å². The van der Waals surface area contributed by atoms with Gasteiger partial charge in [0.05, 0.1) is 14.2 Å². The highest BCUT2D eigenvalue weighted by Gasteiger charge is 2.17. The first-order valence-electron chi connectivity index (χ1n) is 6.44. The van der Waals surface area contributed by atoms with E-state index in [1.807, 2.05) is 48.5 Å². The molecule has 0 unspecified atom stereocenters. The maximum absolute atomic E-state index is 6.24. The van der Waals surface area contributed by atoms with Gasteiger partial charge in [-0.1, -0.05) is 24.3 Å². The van der Waals surface area contributed by atoms with Crippen LogP contribution in [0.25, 0.3) is 0 Å². The molecule has 4 N–H and O–H groups in total. The quantitative estimate of drug-likeness (QED) is 0.873. The molecule has 2 aromatic rings. The van der Waals surface area contributed by atoms with E-state index in [9.17, 15) is 0 Å². The molecule has 2 atom stereocenters. The number of methoxy groups -OCH3 is 2. The number of benzene rings is 2. The van der Waals surface area contributed by atoms with Crippen LogP contribution in [0.3, 0.4) is 0 Å². The van der Waals surface area contributed by atoms with Crippen LogP contribution in [0.4, 0.5) is 0 Å². The number of hydrogen-bond acceptors (Lipinski definition) is 4. The summed E-state index contributed by atoms with van der Waals surface area (Å²) in [5.41, 5.74) is 14.4. The first-order chi connectivity index (χ1) is 9.65. The number of halogens is 2. The maximum atomic E-state index is 6.24. The van der Waals surface area contributed by atoms with E-state index in [4.69, 9.17) is 20.9 Å². The van der Waals surface area contributed by atoms with Crippen LogP contribution in [-0.4, -0.2) is 14.2 Å². The SMILES string of the molecule is COc1ccc([C@H](N)[C@@H](N)c2ccc(OC)cc2)cc1.Cl.Cl. The fourth-order valence-electron chi connectivity index (χ4n) is 2.07. The molecule has 6 heteroatoms. The topological polar surface area (TPSA) is 70.5 Å². The molecule has 22 heavy (non-hydrogen) atoms. The predicted octanol–water partition coefficient (Wildman–Crippen LogP) is 3.25. The number of hydrogen-bond donors (Lipinski definition) is 2. The monoisotopic (exact) mass is 344 g/mol. The third-order valence-electron chi connectivity index (χ3n) is 3.39. The van der Waals surface area contributed by atoms with Gasteiger partial charge in [-0.15, -0.1) is 24.8 Å². The van der Waals surface area contributed by atoms with Crippen molar-refractivity contribution in [1.29, 1.82) is 0 Å². The van der Waals surface area contributed by atoms with Crippen molar-refractivity contribution in [3.05, 3.63) is 59.7 Å². The summed E-state index contributed by atoms with van der Waals surface area (Å²) in [6.45, 7) is 0. The Bertz CT molecular complexity index is 496. The molecule has 0 aliphatic carbocycles. The number of ether oxygens (including phenoxy) is 2. The van der Waals surface area contributed by atoms with Gasteiger partial charge in [-0.3, -0.25) is 0 Å². The van der Waals surface area contributed by atoms with Crippen LogP contribution in [0, 0.1) is 0 Å². The van der Waals surface area contributed by atoms with Crippen LogP contribution in [0.5, 0.6) is 11.5 Å². The Hall–Kier alpha value is -1.46. The summed E-state index contributed by atoms with van der Waals surface area (Å²) in [5.74, 6) is 1.61. The number of nitrogens with two attached hydrogens (primary N) is 2. The van der Waals surface area contributed by atoms with Crippen molar-refractivity contribution in [2.75, 3.05) is 14.2 Å². The van der Waals surface area contributed by atoms with Crippen molar-refractivity contribution in [3.8, 4) is 11.5 Å². The van der Waals surface area contributed by atoms with Crippen LogP contribution in [0.1, 0.15) is 23.2 Å². The summed E-state index contributed by atoms with van der Waals surface area (Å²) in [5, 5.41) is 0. The molecule has 0 aromatic heterocycles. The van der Waals surface area contributed by atoms with Crippen molar-refractivity contribution in [2.45, 2.75) is 12.1 Å². The summed E-state index contributed by atoms with van der Waals surface area (Å²) in [6.07, 6.45) is 0. The largest absolute Gasteiger partial charge is 0.497 e. The summed E-state index contributed by atoms with van der Waals surface area (Å²) in [4.78, 5) is 0. The van der Waals surface area contributed by atoms with Gasteiger partial charge in [-0.05, 0) is 35.4 Å². The van der Waals surface area contributed by atoms with Gasteiger partial charge in [-0.25, -0.2) is 0 Å². The minimum atomic E-state index is -0.269. The van der Waals surface area contributed by atoms with Crippen molar-refractivity contribution in [2.24, 2.45) is 11.5 Å². The Balaban J connectivity index is 0.00000220. The first-order valence-corrected chi connectivity index (χ1v) is 6.44. The second kappa shape index (κ2) is 9.54. The van der Waals surface area contributed by atoms with Gasteiger partial charge in [0.1, 0.15) is 11.5 Å². The summed E-state index contributed by atoms with van der Waals surface area (Å²) < 4.78 is 10.3. The molecule has 0 heterocycles. The highest BCUT2D eigenvalue weighted by molar-refractivity contribution is 5.85. The van der Waals surface area contributed by atoms with E-state index in [-0.39, 0.29) is 36.9 Å². The number of rotatable bonds is 5. The summed E-state index contributed by atoms with van der Waals surface area (Å²) >= 11 is 0. The first kappa shape index (κ1) is 20.5. The lowest BCUT2D eigenvalue weighted by atomic mass is 9.95. The molecule has 0 saturated carbocycles. The Labute approximate surface area is 143 Å². The Morgan fingerprint density at radius 1 is 0.636 bits per heavy atom. The van der Waals surface area contributed by atoms with Crippen LogP contribution >= 0.6 is 24.8 Å². The molecule has 0 saturated heterocycles. The normalized spacial score (nSPS) is 12.4.